The van der Waals surface area contributed by atoms with Crippen molar-refractivity contribution in [2.75, 3.05) is 39.4 Å². The van der Waals surface area contributed by atoms with Crippen LogP contribution in [0.3, 0.4) is 0 Å². The molecule has 2 saturated heterocycles. The first kappa shape index (κ1) is 43.6. The number of amides is 1. The van der Waals surface area contributed by atoms with Gasteiger partial charge in [0.05, 0.1) is 21.8 Å². The van der Waals surface area contributed by atoms with Gasteiger partial charge in [-0.25, -0.2) is 14.8 Å². The van der Waals surface area contributed by atoms with Crippen LogP contribution in [0.2, 0.25) is 0 Å². The number of hydrogen-bond donors (Lipinski definition) is 5. The summed E-state index contributed by atoms with van der Waals surface area (Å²) in [6.45, 7) is 6.97. The molecule has 16 nitrogen and oxygen atoms in total. The van der Waals surface area contributed by atoms with Crippen LogP contribution in [0.5, 0.6) is 0 Å². The van der Waals surface area contributed by atoms with E-state index in [-0.39, 0.29) is 81.6 Å². The van der Waals surface area contributed by atoms with Crippen molar-refractivity contribution in [3.8, 4) is 0 Å². The summed E-state index contributed by atoms with van der Waals surface area (Å²) in [6, 6.07) is 8.67. The lowest BCUT2D eigenvalue weighted by Crippen LogP contribution is -2.42. The van der Waals surface area contributed by atoms with Gasteiger partial charge in [0.1, 0.15) is 18.8 Å². The Bertz CT molecular complexity index is 2220. The molecule has 4 aromatic rings. The van der Waals surface area contributed by atoms with E-state index >= 15 is 0 Å². The number of Topliss-reactive ketones (excluding diaryl/α,β-unsaturated/α-hetero) is 4. The number of nitrogens with one attached hydrogen (secondary N) is 3. The molecule has 5 N–H and O–H groups in total. The molecule has 0 atom stereocenters. The third-order valence-corrected chi connectivity index (χ3v) is 9.55. The zero-order valence-corrected chi connectivity index (χ0v) is 32.3. The van der Waals surface area contributed by atoms with Gasteiger partial charge in [0.2, 0.25) is 0 Å². The summed E-state index contributed by atoms with van der Waals surface area (Å²) in [7, 11) is 0. The number of aromatic amines is 2. The summed E-state index contributed by atoms with van der Waals surface area (Å²) in [4.78, 5) is 100. The van der Waals surface area contributed by atoms with E-state index in [1.54, 1.807) is 4.90 Å². The third-order valence-electron chi connectivity index (χ3n) is 9.55. The van der Waals surface area contributed by atoms with E-state index in [1.807, 2.05) is 20.8 Å². The fourth-order valence-corrected chi connectivity index (χ4v) is 6.52. The molecule has 0 radical (unpaired) electrons. The molecule has 2 fully saturated rings. The molecule has 2 aromatic heterocycles. The van der Waals surface area contributed by atoms with Crippen LogP contribution in [0.1, 0.15) is 101 Å². The molecule has 0 aliphatic carbocycles. The van der Waals surface area contributed by atoms with Crippen molar-refractivity contribution in [3.63, 3.8) is 0 Å². The number of carbonyl (C=O) groups excluding carboxylic acids is 5. The standard InChI is InChI=1S/C22H27N3O6.C17H19N3O4.ClH/c1-22(2,3)31-21(30)25-8-6-13(7-9-25)10-17(27)19-23-16-11-14(18(28)12-26)4-5-15(16)20(29)24-19;21-9-15(23)11-1-2-12-13(8-11)19-16(20-17(12)24)14(22)7-10-3-5-18-6-4-10;/h4-5,11,13,26H,6-10,12H2,1-3H3,(H,23,24,29);1-2,8,10,18,21H,3-7,9H2,(H,19,20,24);1H. The molecule has 56 heavy (non-hydrogen) atoms. The predicted octanol–water partition coefficient (Wildman–Crippen LogP) is 3.41. The van der Waals surface area contributed by atoms with Crippen molar-refractivity contribution in [2.24, 2.45) is 11.8 Å². The first-order valence-electron chi connectivity index (χ1n) is 18.3. The first-order chi connectivity index (χ1) is 26.1. The predicted molar refractivity (Wildman–Crippen MR) is 209 cm³/mol. The lowest BCUT2D eigenvalue weighted by molar-refractivity contribution is 0.0182. The minimum absolute atomic E-state index is 0. The highest BCUT2D eigenvalue weighted by molar-refractivity contribution is 6.01. The number of halogens is 1. The Labute approximate surface area is 327 Å². The number of hydrogen-bond acceptors (Lipinski definition) is 13. The molecule has 0 unspecified atom stereocenters. The monoisotopic (exact) mass is 794 g/mol. The van der Waals surface area contributed by atoms with Crippen LogP contribution in [-0.2, 0) is 4.74 Å². The number of rotatable bonds is 10. The highest BCUT2D eigenvalue weighted by Gasteiger charge is 2.29. The average Bonchev–Trinajstić information content (AvgIpc) is 3.17. The van der Waals surface area contributed by atoms with Crippen LogP contribution in [0.25, 0.3) is 21.8 Å². The Morgan fingerprint density at radius 1 is 0.714 bits per heavy atom. The summed E-state index contributed by atoms with van der Waals surface area (Å²) in [5.74, 6) is -1.11. The van der Waals surface area contributed by atoms with Crippen molar-refractivity contribution in [1.29, 1.82) is 0 Å². The number of aromatic nitrogens is 4. The molecule has 0 spiro atoms. The van der Waals surface area contributed by atoms with Crippen molar-refractivity contribution in [1.82, 2.24) is 30.2 Å². The van der Waals surface area contributed by atoms with Gasteiger partial charge >= 0.3 is 6.09 Å². The van der Waals surface area contributed by atoms with Gasteiger partial charge in [-0.2, -0.15) is 0 Å². The number of ketones is 4. The van der Waals surface area contributed by atoms with Crippen LogP contribution in [-0.4, -0.2) is 109 Å². The molecular formula is C39H47ClN6O10. The van der Waals surface area contributed by atoms with Crippen LogP contribution in [0.4, 0.5) is 4.79 Å². The molecule has 17 heteroatoms. The number of H-pyrrole nitrogens is 2. The zero-order valence-electron chi connectivity index (χ0n) is 31.5. The van der Waals surface area contributed by atoms with Gasteiger partial charge in [0, 0.05) is 37.1 Å². The molecule has 4 heterocycles. The maximum atomic E-state index is 12.7. The largest absolute Gasteiger partial charge is 0.444 e. The number of piperidine rings is 2. The molecule has 2 aromatic carbocycles. The minimum Gasteiger partial charge on any atom is -0.444 e. The molecule has 1 amide bonds. The Hall–Kier alpha value is -5.16. The van der Waals surface area contributed by atoms with Crippen LogP contribution < -0.4 is 16.4 Å². The van der Waals surface area contributed by atoms with E-state index < -0.39 is 41.5 Å². The second kappa shape index (κ2) is 19.1. The smallest absolute Gasteiger partial charge is 0.410 e. The van der Waals surface area contributed by atoms with Gasteiger partial charge < -0.3 is 35.1 Å². The zero-order chi connectivity index (χ0) is 39.9. The second-order valence-electron chi connectivity index (χ2n) is 14.8. The van der Waals surface area contributed by atoms with Gasteiger partial charge in [-0.15, -0.1) is 12.4 Å². The van der Waals surface area contributed by atoms with Crippen molar-refractivity contribution < 1.29 is 38.9 Å². The summed E-state index contributed by atoms with van der Waals surface area (Å²) in [6.07, 6.45) is 3.36. The highest BCUT2D eigenvalue weighted by atomic mass is 35.5. The van der Waals surface area contributed by atoms with E-state index in [1.165, 1.54) is 36.4 Å². The van der Waals surface area contributed by atoms with Crippen molar-refractivity contribution in [3.05, 3.63) is 79.9 Å². The molecule has 6 rings (SSSR count). The Balaban J connectivity index is 0.000000252. The molecule has 2 aliphatic rings. The van der Waals surface area contributed by atoms with E-state index in [0.717, 1.165) is 25.9 Å². The molecular weight excluding hydrogens is 748 g/mol. The third kappa shape index (κ3) is 11.2. The Kier molecular flexibility index (Phi) is 14.9. The number of aliphatic hydroxyl groups is 2. The number of ether oxygens (including phenoxy) is 1. The van der Waals surface area contributed by atoms with E-state index in [4.69, 9.17) is 14.9 Å². The fourth-order valence-electron chi connectivity index (χ4n) is 6.52. The molecule has 2 aliphatic heterocycles. The van der Waals surface area contributed by atoms with Gasteiger partial charge in [-0.1, -0.05) is 12.1 Å². The van der Waals surface area contributed by atoms with Gasteiger partial charge in [0.15, 0.2) is 34.8 Å². The average molecular weight is 795 g/mol. The fraction of sp³-hybridized carbons (Fsp3) is 0.462. The van der Waals surface area contributed by atoms with Crippen molar-refractivity contribution >= 4 is 63.4 Å². The molecule has 0 bridgehead atoms. The summed E-state index contributed by atoms with van der Waals surface area (Å²) < 4.78 is 5.38. The Morgan fingerprint density at radius 2 is 1.14 bits per heavy atom. The topological polar surface area (TPSA) is 242 Å². The number of nitrogens with zero attached hydrogens (tertiary/aromatic N) is 3. The van der Waals surface area contributed by atoms with Gasteiger partial charge in [-0.05, 0) is 95.6 Å². The van der Waals surface area contributed by atoms with E-state index in [9.17, 15) is 33.6 Å². The van der Waals surface area contributed by atoms with E-state index in [0.29, 0.717) is 43.7 Å². The molecule has 0 saturated carbocycles. The van der Waals surface area contributed by atoms with E-state index in [2.05, 4.69) is 25.3 Å². The quantitative estimate of drug-likeness (QED) is 0.145. The Morgan fingerprint density at radius 3 is 1.55 bits per heavy atom. The second-order valence-corrected chi connectivity index (χ2v) is 14.8. The normalized spacial score (nSPS) is 15.1. The lowest BCUT2D eigenvalue weighted by Gasteiger charge is -2.33. The summed E-state index contributed by atoms with van der Waals surface area (Å²) in [5, 5.41) is 21.8. The number of benzene rings is 2. The van der Waals surface area contributed by atoms with Crippen LogP contribution >= 0.6 is 12.4 Å². The van der Waals surface area contributed by atoms with Gasteiger partial charge in [0.25, 0.3) is 11.1 Å². The van der Waals surface area contributed by atoms with Gasteiger partial charge in [-0.3, -0.25) is 28.8 Å². The summed E-state index contributed by atoms with van der Waals surface area (Å²) >= 11 is 0. The SMILES string of the molecule is CC(C)(C)OC(=O)N1CCC(CC(=O)c2nc3cc(C(=O)CO)ccc3c(=O)[nH]2)CC1.Cl.O=C(CO)c1ccc2c(=O)[nH]c(C(=O)CC3CCNCC3)nc2c1. The number of aliphatic hydroxyl groups excluding tert-OH is 2. The summed E-state index contributed by atoms with van der Waals surface area (Å²) in [5.41, 5.74) is -0.425. The highest BCUT2D eigenvalue weighted by Crippen LogP contribution is 2.24. The number of fused-ring (bicyclic) bond motifs is 2. The maximum Gasteiger partial charge on any atom is 0.410 e. The maximum absolute atomic E-state index is 12.7. The molecule has 300 valence electrons. The lowest BCUT2D eigenvalue weighted by atomic mass is 9.91. The van der Waals surface area contributed by atoms with Crippen LogP contribution in [0, 0.1) is 11.8 Å². The van der Waals surface area contributed by atoms with Crippen molar-refractivity contribution in [2.45, 2.75) is 64.9 Å². The minimum atomic E-state index is -0.650. The first-order valence-corrected chi connectivity index (χ1v) is 18.3. The number of carbonyl (C=O) groups is 5. The van der Waals surface area contributed by atoms with Crippen LogP contribution in [0.15, 0.2) is 46.0 Å². The number of likely N-dealkylation sites (tertiary alicyclic amines) is 1.